The first-order valence-corrected chi connectivity index (χ1v) is 10.4. The number of aromatic nitrogens is 2. The number of amides is 1. The number of hydrogen-bond donors (Lipinski definition) is 2. The zero-order chi connectivity index (χ0) is 21.0. The second-order valence-corrected chi connectivity index (χ2v) is 8.28. The predicted molar refractivity (Wildman–Crippen MR) is 107 cm³/mol. The summed E-state index contributed by atoms with van der Waals surface area (Å²) < 4.78 is 23.0. The summed E-state index contributed by atoms with van der Waals surface area (Å²) in [5.41, 5.74) is 8.01. The number of pyridine rings is 2. The molecule has 3 N–H and O–H groups in total. The Bertz CT molecular complexity index is 1200. The Morgan fingerprint density at radius 1 is 1.17 bits per heavy atom. The second kappa shape index (κ2) is 8.08. The maximum absolute atomic E-state index is 12.6. The Kier molecular flexibility index (Phi) is 5.57. The van der Waals surface area contributed by atoms with E-state index in [1.54, 1.807) is 36.7 Å². The molecule has 29 heavy (non-hydrogen) atoms. The van der Waals surface area contributed by atoms with E-state index in [9.17, 15) is 18.5 Å². The van der Waals surface area contributed by atoms with Crippen molar-refractivity contribution in [2.24, 2.45) is 0 Å². The fraction of sp³-hybridized carbons (Fsp3) is 0.100. The van der Waals surface area contributed by atoms with E-state index >= 15 is 0 Å². The first kappa shape index (κ1) is 20.0. The fourth-order valence-electron chi connectivity index (χ4n) is 2.64. The number of rotatable bonds is 5. The van der Waals surface area contributed by atoms with E-state index in [-0.39, 0.29) is 28.4 Å². The molecular formula is C20H17N5O3S. The summed E-state index contributed by atoms with van der Waals surface area (Å²) in [5, 5.41) is 12.1. The van der Waals surface area contributed by atoms with Gasteiger partial charge < -0.3 is 11.1 Å². The van der Waals surface area contributed by atoms with Crippen LogP contribution >= 0.6 is 0 Å². The minimum Gasteiger partial charge on any atom is -0.398 e. The maximum atomic E-state index is 12.6. The highest BCUT2D eigenvalue weighted by Crippen LogP contribution is 2.25. The van der Waals surface area contributed by atoms with Crippen molar-refractivity contribution in [2.45, 2.75) is 11.4 Å². The van der Waals surface area contributed by atoms with Gasteiger partial charge in [-0.25, -0.2) is 13.4 Å². The lowest BCUT2D eigenvalue weighted by atomic mass is 10.1. The molecule has 8 nitrogen and oxygen atoms in total. The van der Waals surface area contributed by atoms with E-state index in [2.05, 4.69) is 15.3 Å². The number of anilines is 1. The predicted octanol–water partition coefficient (Wildman–Crippen LogP) is 1.93. The molecule has 0 spiro atoms. The van der Waals surface area contributed by atoms with Gasteiger partial charge in [0.25, 0.3) is 5.91 Å². The van der Waals surface area contributed by atoms with Gasteiger partial charge in [0.05, 0.1) is 16.3 Å². The van der Waals surface area contributed by atoms with Crippen LogP contribution in [-0.2, 0) is 16.4 Å². The summed E-state index contributed by atoms with van der Waals surface area (Å²) in [6.07, 6.45) is 4.24. The number of nitriles is 1. The lowest BCUT2D eigenvalue weighted by Gasteiger charge is -2.10. The van der Waals surface area contributed by atoms with Gasteiger partial charge in [-0.2, -0.15) is 5.26 Å². The van der Waals surface area contributed by atoms with Crippen LogP contribution in [0.5, 0.6) is 0 Å². The van der Waals surface area contributed by atoms with Crippen molar-refractivity contribution in [3.63, 3.8) is 0 Å². The quantitative estimate of drug-likeness (QED) is 0.659. The van der Waals surface area contributed by atoms with Crippen LogP contribution in [0.3, 0.4) is 0 Å². The number of nitrogens with two attached hydrogens (primary N) is 1. The van der Waals surface area contributed by atoms with E-state index < -0.39 is 15.7 Å². The van der Waals surface area contributed by atoms with Crippen LogP contribution in [0.2, 0.25) is 0 Å². The molecule has 3 aromatic rings. The largest absolute Gasteiger partial charge is 0.398 e. The molecule has 0 aliphatic heterocycles. The molecule has 0 bridgehead atoms. The summed E-state index contributed by atoms with van der Waals surface area (Å²) >= 11 is 0. The molecule has 2 heterocycles. The van der Waals surface area contributed by atoms with Gasteiger partial charge in [-0.05, 0) is 35.9 Å². The van der Waals surface area contributed by atoms with Crippen LogP contribution in [0.25, 0.3) is 11.3 Å². The molecule has 0 aliphatic carbocycles. The van der Waals surface area contributed by atoms with Gasteiger partial charge in [0.2, 0.25) is 0 Å². The molecule has 0 atom stereocenters. The summed E-state index contributed by atoms with van der Waals surface area (Å²) in [5.74, 6) is -0.469. The Morgan fingerprint density at radius 2 is 1.83 bits per heavy atom. The third-order valence-electron chi connectivity index (χ3n) is 4.15. The molecule has 0 radical (unpaired) electrons. The number of benzene rings is 1. The average Bonchev–Trinajstić information content (AvgIpc) is 2.71. The number of hydrogen-bond acceptors (Lipinski definition) is 7. The minimum atomic E-state index is -3.28. The molecule has 1 aromatic carbocycles. The van der Waals surface area contributed by atoms with Gasteiger partial charge in [-0.1, -0.05) is 12.1 Å². The Hall–Kier alpha value is -3.77. The van der Waals surface area contributed by atoms with Crippen molar-refractivity contribution >= 4 is 21.4 Å². The molecule has 1 amide bonds. The van der Waals surface area contributed by atoms with Crippen molar-refractivity contribution in [3.8, 4) is 17.3 Å². The summed E-state index contributed by atoms with van der Waals surface area (Å²) in [6.45, 7) is 0.176. The molecule has 2 aromatic heterocycles. The molecule has 9 heteroatoms. The van der Waals surface area contributed by atoms with E-state index in [1.807, 2.05) is 6.07 Å². The van der Waals surface area contributed by atoms with E-state index in [1.165, 1.54) is 18.2 Å². The SMILES string of the molecule is CS(=O)(=O)c1ccc(CNC(=O)c2cc(N)c(C#N)c(-c3ccncc3)n2)cc1. The molecule has 146 valence electrons. The Labute approximate surface area is 168 Å². The van der Waals surface area contributed by atoms with Crippen LogP contribution in [0, 0.1) is 11.3 Å². The molecule has 0 unspecified atom stereocenters. The van der Waals surface area contributed by atoms with E-state index in [0.717, 1.165) is 11.8 Å². The first-order chi connectivity index (χ1) is 13.8. The maximum Gasteiger partial charge on any atom is 0.270 e. The topological polar surface area (TPSA) is 139 Å². The Balaban J connectivity index is 1.83. The van der Waals surface area contributed by atoms with Gasteiger partial charge in [0.1, 0.15) is 17.3 Å². The number of carbonyl (C=O) groups excluding carboxylic acids is 1. The van der Waals surface area contributed by atoms with Crippen LogP contribution in [0.1, 0.15) is 21.6 Å². The number of nitrogen functional groups attached to an aromatic ring is 1. The fourth-order valence-corrected chi connectivity index (χ4v) is 3.28. The molecule has 3 rings (SSSR count). The number of nitrogens with zero attached hydrogens (tertiary/aromatic N) is 3. The zero-order valence-corrected chi connectivity index (χ0v) is 16.3. The first-order valence-electron chi connectivity index (χ1n) is 8.48. The van der Waals surface area contributed by atoms with Gasteiger partial charge in [0.15, 0.2) is 9.84 Å². The third-order valence-corrected chi connectivity index (χ3v) is 5.28. The van der Waals surface area contributed by atoms with Crippen molar-refractivity contribution in [1.29, 1.82) is 5.26 Å². The van der Waals surface area contributed by atoms with Gasteiger partial charge in [-0.3, -0.25) is 9.78 Å². The second-order valence-electron chi connectivity index (χ2n) is 6.27. The molecule has 0 aliphatic rings. The van der Waals surface area contributed by atoms with E-state index in [0.29, 0.717) is 11.3 Å². The number of sulfone groups is 1. The average molecular weight is 407 g/mol. The van der Waals surface area contributed by atoms with Gasteiger partial charge >= 0.3 is 0 Å². The number of carbonyl (C=O) groups is 1. The smallest absolute Gasteiger partial charge is 0.270 e. The summed E-state index contributed by atoms with van der Waals surface area (Å²) in [7, 11) is -3.28. The molecule has 0 saturated heterocycles. The van der Waals surface area contributed by atoms with E-state index in [4.69, 9.17) is 5.73 Å². The third kappa shape index (κ3) is 4.56. The van der Waals surface area contributed by atoms with Crippen LogP contribution < -0.4 is 11.1 Å². The van der Waals surface area contributed by atoms with Gasteiger partial charge in [0, 0.05) is 30.8 Å². The van der Waals surface area contributed by atoms with Crippen LogP contribution in [0.15, 0.2) is 59.8 Å². The minimum absolute atomic E-state index is 0.0704. The molecular weight excluding hydrogens is 390 g/mol. The highest BCUT2D eigenvalue weighted by molar-refractivity contribution is 7.90. The Morgan fingerprint density at radius 3 is 2.41 bits per heavy atom. The highest BCUT2D eigenvalue weighted by Gasteiger charge is 2.16. The lowest BCUT2D eigenvalue weighted by molar-refractivity contribution is 0.0946. The summed E-state index contributed by atoms with van der Waals surface area (Å²) in [4.78, 5) is 21.0. The van der Waals surface area contributed by atoms with Crippen molar-refractivity contribution < 1.29 is 13.2 Å². The van der Waals surface area contributed by atoms with Crippen molar-refractivity contribution in [3.05, 3.63) is 71.7 Å². The number of nitrogens with one attached hydrogen (secondary N) is 1. The monoisotopic (exact) mass is 407 g/mol. The normalized spacial score (nSPS) is 10.9. The van der Waals surface area contributed by atoms with Crippen LogP contribution in [0.4, 0.5) is 5.69 Å². The highest BCUT2D eigenvalue weighted by atomic mass is 32.2. The van der Waals surface area contributed by atoms with Crippen molar-refractivity contribution in [2.75, 3.05) is 12.0 Å². The molecule has 0 fully saturated rings. The summed E-state index contributed by atoms with van der Waals surface area (Å²) in [6, 6.07) is 12.9. The zero-order valence-electron chi connectivity index (χ0n) is 15.5. The van der Waals surface area contributed by atoms with Crippen LogP contribution in [-0.4, -0.2) is 30.5 Å². The lowest BCUT2D eigenvalue weighted by Crippen LogP contribution is -2.24. The molecule has 0 saturated carbocycles. The van der Waals surface area contributed by atoms with Crippen molar-refractivity contribution in [1.82, 2.24) is 15.3 Å². The standard InChI is InChI=1S/C20H17N5O3S/c1-29(27,28)15-4-2-13(3-5-15)12-24-20(26)18-10-17(22)16(11-21)19(25-18)14-6-8-23-9-7-14/h2-10H,12H2,1H3,(H2,22,25)(H,24,26). The van der Waals surface area contributed by atoms with Gasteiger partial charge in [-0.15, -0.1) is 0 Å².